The van der Waals surface area contributed by atoms with Crippen LogP contribution >= 0.6 is 58.6 Å². The van der Waals surface area contributed by atoms with Crippen LogP contribution < -0.4 is 5.32 Å². The van der Waals surface area contributed by atoms with Crippen molar-refractivity contribution in [1.29, 1.82) is 0 Å². The van der Waals surface area contributed by atoms with Crippen molar-refractivity contribution in [2.75, 3.05) is 31.5 Å². The van der Waals surface area contributed by atoms with E-state index in [1.807, 2.05) is 48.9 Å². The number of hydrogen-bond donors (Lipinski definition) is 1. The van der Waals surface area contributed by atoms with Gasteiger partial charge in [0.15, 0.2) is 5.11 Å². The Hall–Kier alpha value is -1.54. The molecule has 0 spiro atoms. The number of aryl methyl sites for hydroxylation is 1. The molecule has 1 saturated heterocycles. The molecule has 1 aromatic heterocycles. The van der Waals surface area contributed by atoms with Gasteiger partial charge in [0.25, 0.3) is 0 Å². The third-order valence-electron chi connectivity index (χ3n) is 5.98. The predicted molar refractivity (Wildman–Crippen MR) is 147 cm³/mol. The molecule has 1 aliphatic rings. The Bertz CT molecular complexity index is 1200. The van der Waals surface area contributed by atoms with Crippen LogP contribution in [0.1, 0.15) is 22.5 Å². The van der Waals surface area contributed by atoms with Crippen molar-refractivity contribution in [3.05, 3.63) is 79.0 Å². The van der Waals surface area contributed by atoms with Crippen LogP contribution in [0.3, 0.4) is 0 Å². The fourth-order valence-corrected chi connectivity index (χ4v) is 4.96. The zero-order valence-corrected chi connectivity index (χ0v) is 22.8. The van der Waals surface area contributed by atoms with Gasteiger partial charge in [-0.3, -0.25) is 9.58 Å². The van der Waals surface area contributed by atoms with E-state index in [0.29, 0.717) is 26.6 Å². The number of hydrogen-bond acceptors (Lipinski definition) is 3. The van der Waals surface area contributed by atoms with E-state index in [1.54, 1.807) is 6.07 Å². The first kappa shape index (κ1) is 25.5. The van der Waals surface area contributed by atoms with Crippen molar-refractivity contribution in [2.24, 2.45) is 0 Å². The molecule has 2 heterocycles. The molecule has 180 valence electrons. The number of thiocarbonyl (C=S) groups is 1. The van der Waals surface area contributed by atoms with E-state index in [-0.39, 0.29) is 0 Å². The average molecular weight is 557 g/mol. The lowest BCUT2D eigenvalue weighted by atomic mass is 10.2. The molecule has 0 amide bonds. The summed E-state index contributed by atoms with van der Waals surface area (Å²) in [6.45, 7) is 8.99. The van der Waals surface area contributed by atoms with E-state index < -0.39 is 0 Å². The lowest BCUT2D eigenvalue weighted by Crippen LogP contribution is -2.49. The summed E-state index contributed by atoms with van der Waals surface area (Å²) in [6.07, 6.45) is 0. The van der Waals surface area contributed by atoms with Crippen LogP contribution in [0.4, 0.5) is 5.69 Å². The molecule has 5 nitrogen and oxygen atoms in total. The molecule has 1 aliphatic heterocycles. The van der Waals surface area contributed by atoms with Crippen LogP contribution in [0, 0.1) is 13.8 Å². The summed E-state index contributed by atoms with van der Waals surface area (Å²) in [5.74, 6) is 0. The molecule has 0 saturated carbocycles. The van der Waals surface area contributed by atoms with Gasteiger partial charge in [0.2, 0.25) is 0 Å². The molecule has 34 heavy (non-hydrogen) atoms. The number of rotatable bonds is 5. The second-order valence-electron chi connectivity index (χ2n) is 8.39. The Kier molecular flexibility index (Phi) is 8.28. The largest absolute Gasteiger partial charge is 0.346 e. The minimum atomic E-state index is 0.540. The maximum atomic E-state index is 6.17. The Morgan fingerprint density at radius 3 is 1.97 bits per heavy atom. The summed E-state index contributed by atoms with van der Waals surface area (Å²) < 4.78 is 1.95. The highest BCUT2D eigenvalue weighted by Gasteiger charge is 2.21. The van der Waals surface area contributed by atoms with Crippen LogP contribution in [-0.4, -0.2) is 50.9 Å². The van der Waals surface area contributed by atoms with Gasteiger partial charge in [-0.15, -0.1) is 0 Å². The van der Waals surface area contributed by atoms with E-state index in [4.69, 9.17) is 63.7 Å². The fraction of sp³-hybridized carbons (Fsp3) is 0.333. The number of nitrogens with one attached hydrogen (secondary N) is 1. The zero-order valence-electron chi connectivity index (χ0n) is 18.9. The van der Waals surface area contributed by atoms with Gasteiger partial charge in [-0.1, -0.05) is 58.5 Å². The molecule has 1 fully saturated rings. The average Bonchev–Trinajstić information content (AvgIpc) is 3.06. The van der Waals surface area contributed by atoms with Crippen molar-refractivity contribution in [1.82, 2.24) is 19.6 Å². The second kappa shape index (κ2) is 11.0. The number of anilines is 1. The summed E-state index contributed by atoms with van der Waals surface area (Å²) in [6, 6.07) is 11.4. The number of halogens is 4. The number of piperazine rings is 1. The standard InChI is InChI=1S/C24H25Cl4N5S/c1-15-23(16(2)33(30-15)14-18-4-6-20(26)22(28)12-18)29-24(34)32-9-7-31(8-10-32)13-17-3-5-19(25)21(27)11-17/h3-6,11-12H,7-10,13-14H2,1-2H3,(H,29,34). The van der Waals surface area contributed by atoms with Gasteiger partial charge in [-0.2, -0.15) is 5.10 Å². The SMILES string of the molecule is Cc1nn(Cc2ccc(Cl)c(Cl)c2)c(C)c1NC(=S)N1CCN(Cc2ccc(Cl)c(Cl)c2)CC1. The summed E-state index contributed by atoms with van der Waals surface area (Å²) in [4.78, 5) is 4.60. The summed E-state index contributed by atoms with van der Waals surface area (Å²) >= 11 is 30.1. The molecule has 0 atom stereocenters. The minimum Gasteiger partial charge on any atom is -0.346 e. The van der Waals surface area contributed by atoms with E-state index >= 15 is 0 Å². The van der Waals surface area contributed by atoms with Crippen molar-refractivity contribution in [3.8, 4) is 0 Å². The topological polar surface area (TPSA) is 36.3 Å². The molecule has 1 N–H and O–H groups in total. The molecule has 2 aromatic carbocycles. The summed E-state index contributed by atoms with van der Waals surface area (Å²) in [5.41, 5.74) is 5.06. The van der Waals surface area contributed by atoms with E-state index in [2.05, 4.69) is 15.1 Å². The van der Waals surface area contributed by atoms with Crippen LogP contribution in [0.5, 0.6) is 0 Å². The third-order valence-corrected chi connectivity index (χ3v) is 7.82. The van der Waals surface area contributed by atoms with Gasteiger partial charge in [0.05, 0.1) is 43.7 Å². The zero-order chi connectivity index (χ0) is 24.4. The van der Waals surface area contributed by atoms with Crippen LogP contribution in [0.2, 0.25) is 20.1 Å². The Balaban J connectivity index is 1.35. The Morgan fingerprint density at radius 2 is 1.41 bits per heavy atom. The normalized spacial score (nSPS) is 14.5. The van der Waals surface area contributed by atoms with Crippen LogP contribution in [0.15, 0.2) is 36.4 Å². The highest BCUT2D eigenvalue weighted by molar-refractivity contribution is 7.80. The second-order valence-corrected chi connectivity index (χ2v) is 10.4. The molecule has 0 radical (unpaired) electrons. The van der Waals surface area contributed by atoms with Gasteiger partial charge in [-0.05, 0) is 61.5 Å². The highest BCUT2D eigenvalue weighted by atomic mass is 35.5. The molecule has 4 rings (SSSR count). The Morgan fingerprint density at radius 1 is 0.853 bits per heavy atom. The number of benzene rings is 2. The van der Waals surface area contributed by atoms with E-state index in [0.717, 1.165) is 66.0 Å². The van der Waals surface area contributed by atoms with Crippen molar-refractivity contribution in [2.45, 2.75) is 26.9 Å². The first-order valence-electron chi connectivity index (χ1n) is 10.9. The predicted octanol–water partition coefficient (Wildman–Crippen LogP) is 6.68. The Labute approximate surface area is 225 Å². The third kappa shape index (κ3) is 5.99. The monoisotopic (exact) mass is 555 g/mol. The maximum Gasteiger partial charge on any atom is 0.173 e. The molecule has 10 heteroatoms. The van der Waals surface area contributed by atoms with Crippen molar-refractivity contribution >= 4 is 69.4 Å². The van der Waals surface area contributed by atoms with Gasteiger partial charge >= 0.3 is 0 Å². The highest BCUT2D eigenvalue weighted by Crippen LogP contribution is 2.26. The van der Waals surface area contributed by atoms with Crippen molar-refractivity contribution < 1.29 is 0 Å². The molecule has 0 unspecified atom stereocenters. The van der Waals surface area contributed by atoms with Gasteiger partial charge in [0, 0.05) is 32.7 Å². The van der Waals surface area contributed by atoms with Crippen molar-refractivity contribution in [3.63, 3.8) is 0 Å². The first-order chi connectivity index (χ1) is 16.2. The maximum absolute atomic E-state index is 6.17. The van der Waals surface area contributed by atoms with Gasteiger partial charge in [-0.25, -0.2) is 0 Å². The lowest BCUT2D eigenvalue weighted by molar-refractivity contribution is 0.177. The number of nitrogens with zero attached hydrogens (tertiary/aromatic N) is 4. The van der Waals surface area contributed by atoms with E-state index in [9.17, 15) is 0 Å². The van der Waals surface area contributed by atoms with Crippen LogP contribution in [0.25, 0.3) is 0 Å². The summed E-state index contributed by atoms with van der Waals surface area (Å²) in [5, 5.41) is 11.1. The summed E-state index contributed by atoms with van der Waals surface area (Å²) in [7, 11) is 0. The quantitative estimate of drug-likeness (QED) is 0.355. The molecule has 3 aromatic rings. The van der Waals surface area contributed by atoms with Gasteiger partial charge < -0.3 is 10.2 Å². The lowest BCUT2D eigenvalue weighted by Gasteiger charge is -2.36. The smallest absolute Gasteiger partial charge is 0.173 e. The molecule has 0 bridgehead atoms. The fourth-order valence-electron chi connectivity index (χ4n) is 4.03. The molecule has 0 aliphatic carbocycles. The molecular formula is C24H25Cl4N5S. The van der Waals surface area contributed by atoms with Gasteiger partial charge in [0.1, 0.15) is 0 Å². The van der Waals surface area contributed by atoms with Crippen LogP contribution in [-0.2, 0) is 13.1 Å². The first-order valence-corrected chi connectivity index (χ1v) is 12.8. The van der Waals surface area contributed by atoms with E-state index in [1.165, 1.54) is 0 Å². The minimum absolute atomic E-state index is 0.540. The number of aromatic nitrogens is 2. The molecular weight excluding hydrogens is 532 g/mol.